The number of amides is 1. The Labute approximate surface area is 85.2 Å². The normalized spacial score (nSPS) is 35.3. The second-order valence-corrected chi connectivity index (χ2v) is 4.41. The van der Waals surface area contributed by atoms with E-state index in [1.165, 1.54) is 0 Å². The van der Waals surface area contributed by atoms with E-state index in [1.54, 1.807) is 0 Å². The van der Waals surface area contributed by atoms with Gasteiger partial charge in [-0.25, -0.2) is 0 Å². The molecule has 1 unspecified atom stereocenters. The van der Waals surface area contributed by atoms with E-state index in [-0.39, 0.29) is 6.04 Å². The van der Waals surface area contributed by atoms with Crippen LogP contribution >= 0.6 is 0 Å². The van der Waals surface area contributed by atoms with E-state index >= 15 is 0 Å². The molecule has 1 N–H and O–H groups in total. The van der Waals surface area contributed by atoms with Gasteiger partial charge >= 0.3 is 0 Å². The van der Waals surface area contributed by atoms with Crippen LogP contribution in [0.15, 0.2) is 0 Å². The van der Waals surface area contributed by atoms with Gasteiger partial charge in [0.1, 0.15) is 0 Å². The van der Waals surface area contributed by atoms with Crippen LogP contribution in [0.4, 0.5) is 0 Å². The highest BCUT2D eigenvalue weighted by Gasteiger charge is 2.35. The minimum absolute atomic E-state index is 0.157. The average molecular weight is 197 g/mol. The first-order valence-electron chi connectivity index (χ1n) is 5.41. The van der Waals surface area contributed by atoms with E-state index in [2.05, 4.69) is 17.1 Å². The highest BCUT2D eigenvalue weighted by molar-refractivity contribution is 5.83. The van der Waals surface area contributed by atoms with Gasteiger partial charge in [-0.15, -0.1) is 0 Å². The summed E-state index contributed by atoms with van der Waals surface area (Å²) in [4.78, 5) is 15.9. The van der Waals surface area contributed by atoms with Crippen molar-refractivity contribution in [2.45, 2.75) is 25.4 Å². The average Bonchev–Trinajstić information content (AvgIpc) is 2.48. The lowest BCUT2D eigenvalue weighted by Crippen LogP contribution is -2.54. The summed E-state index contributed by atoms with van der Waals surface area (Å²) in [7, 11) is 1.90. The molecular weight excluding hydrogens is 178 g/mol. The molecule has 0 spiro atoms. The number of hydrogen-bond acceptors (Lipinski definition) is 3. The van der Waals surface area contributed by atoms with E-state index < -0.39 is 0 Å². The van der Waals surface area contributed by atoms with Gasteiger partial charge in [0.15, 0.2) is 0 Å². The van der Waals surface area contributed by atoms with Crippen LogP contribution in [0.1, 0.15) is 13.3 Å². The van der Waals surface area contributed by atoms with Crippen molar-refractivity contribution in [1.82, 2.24) is 15.1 Å². The predicted molar refractivity (Wildman–Crippen MR) is 55.1 cm³/mol. The first-order chi connectivity index (χ1) is 6.68. The minimum atomic E-state index is 0.157. The third kappa shape index (κ3) is 1.77. The molecule has 2 heterocycles. The number of nitrogens with zero attached hydrogens (tertiary/aromatic N) is 2. The molecule has 0 aromatic carbocycles. The van der Waals surface area contributed by atoms with Gasteiger partial charge in [0, 0.05) is 39.3 Å². The van der Waals surface area contributed by atoms with E-state index in [4.69, 9.17) is 0 Å². The van der Waals surface area contributed by atoms with Crippen molar-refractivity contribution in [3.63, 3.8) is 0 Å². The maximum atomic E-state index is 11.8. The number of rotatable bonds is 1. The first kappa shape index (κ1) is 9.93. The summed E-state index contributed by atoms with van der Waals surface area (Å²) in [5.41, 5.74) is 0. The molecule has 4 nitrogen and oxygen atoms in total. The van der Waals surface area contributed by atoms with Crippen LogP contribution in [-0.2, 0) is 4.79 Å². The molecule has 2 rings (SSSR count). The molecule has 1 amide bonds. The second kappa shape index (κ2) is 3.87. The van der Waals surface area contributed by atoms with Crippen molar-refractivity contribution in [2.24, 2.45) is 0 Å². The maximum Gasteiger partial charge on any atom is 0.239 e. The number of piperazine rings is 1. The van der Waals surface area contributed by atoms with Crippen molar-refractivity contribution in [3.05, 3.63) is 0 Å². The fourth-order valence-electron chi connectivity index (χ4n) is 2.39. The number of carbonyl (C=O) groups excluding carboxylic acids is 1. The molecule has 0 aliphatic carbocycles. The maximum absolute atomic E-state index is 11.8. The Morgan fingerprint density at radius 1 is 1.43 bits per heavy atom. The van der Waals surface area contributed by atoms with Crippen LogP contribution in [0.2, 0.25) is 0 Å². The first-order valence-corrected chi connectivity index (χ1v) is 5.41. The molecule has 14 heavy (non-hydrogen) atoms. The predicted octanol–water partition coefficient (Wildman–Crippen LogP) is -0.489. The molecule has 4 heteroatoms. The fourth-order valence-corrected chi connectivity index (χ4v) is 2.39. The number of likely N-dealkylation sites (tertiary alicyclic amines) is 1. The Balaban J connectivity index is 1.97. The van der Waals surface area contributed by atoms with E-state index in [9.17, 15) is 4.79 Å². The van der Waals surface area contributed by atoms with Gasteiger partial charge in [-0.1, -0.05) is 0 Å². The minimum Gasteiger partial charge on any atom is -0.344 e. The Hall–Kier alpha value is -0.610. The number of carbonyl (C=O) groups is 1. The topological polar surface area (TPSA) is 35.6 Å². The molecule has 2 aliphatic heterocycles. The van der Waals surface area contributed by atoms with E-state index in [0.29, 0.717) is 11.9 Å². The Bertz CT molecular complexity index is 231. The van der Waals surface area contributed by atoms with Crippen molar-refractivity contribution >= 4 is 5.91 Å². The Morgan fingerprint density at radius 3 is 2.79 bits per heavy atom. The molecule has 0 aromatic rings. The molecule has 2 atom stereocenters. The van der Waals surface area contributed by atoms with Crippen molar-refractivity contribution < 1.29 is 4.79 Å². The Morgan fingerprint density at radius 2 is 2.21 bits per heavy atom. The lowest BCUT2D eigenvalue weighted by atomic mass is 10.1. The lowest BCUT2D eigenvalue weighted by Gasteiger charge is -2.35. The van der Waals surface area contributed by atoms with Gasteiger partial charge < -0.3 is 10.2 Å². The summed E-state index contributed by atoms with van der Waals surface area (Å²) in [6.07, 6.45) is 1.00. The quantitative estimate of drug-likeness (QED) is 0.616. The van der Waals surface area contributed by atoms with Crippen molar-refractivity contribution in [1.29, 1.82) is 0 Å². The third-order valence-electron chi connectivity index (χ3n) is 3.24. The molecule has 0 radical (unpaired) electrons. The molecule has 80 valence electrons. The van der Waals surface area contributed by atoms with Crippen LogP contribution in [0.5, 0.6) is 0 Å². The highest BCUT2D eigenvalue weighted by Crippen LogP contribution is 2.16. The SMILES string of the molecule is C[C@@H]1CN(C2CCN(C)C2=O)CCN1. The molecule has 0 aromatic heterocycles. The molecule has 2 fully saturated rings. The fraction of sp³-hybridized carbons (Fsp3) is 0.900. The van der Waals surface area contributed by atoms with Crippen LogP contribution in [0.25, 0.3) is 0 Å². The van der Waals surface area contributed by atoms with Crippen LogP contribution in [0, 0.1) is 0 Å². The zero-order valence-corrected chi connectivity index (χ0v) is 8.99. The zero-order chi connectivity index (χ0) is 10.1. The smallest absolute Gasteiger partial charge is 0.239 e. The summed E-state index contributed by atoms with van der Waals surface area (Å²) < 4.78 is 0. The summed E-state index contributed by atoms with van der Waals surface area (Å²) >= 11 is 0. The number of likely N-dealkylation sites (N-methyl/N-ethyl adjacent to an activating group) is 1. The molecule has 0 bridgehead atoms. The second-order valence-electron chi connectivity index (χ2n) is 4.41. The monoisotopic (exact) mass is 197 g/mol. The number of hydrogen-bond donors (Lipinski definition) is 1. The summed E-state index contributed by atoms with van der Waals surface area (Å²) in [6, 6.07) is 0.673. The largest absolute Gasteiger partial charge is 0.344 e. The van der Waals surface area contributed by atoms with Gasteiger partial charge in [-0.05, 0) is 13.3 Å². The van der Waals surface area contributed by atoms with Crippen LogP contribution in [0.3, 0.4) is 0 Å². The molecular formula is C10H19N3O. The Kier molecular flexibility index (Phi) is 2.74. The molecule has 2 saturated heterocycles. The zero-order valence-electron chi connectivity index (χ0n) is 8.99. The van der Waals surface area contributed by atoms with Gasteiger partial charge in [0.05, 0.1) is 6.04 Å². The lowest BCUT2D eigenvalue weighted by molar-refractivity contribution is -0.131. The van der Waals surface area contributed by atoms with Crippen molar-refractivity contribution in [3.8, 4) is 0 Å². The number of nitrogens with one attached hydrogen (secondary N) is 1. The van der Waals surface area contributed by atoms with Gasteiger partial charge in [-0.3, -0.25) is 9.69 Å². The van der Waals surface area contributed by atoms with Crippen LogP contribution < -0.4 is 5.32 Å². The van der Waals surface area contributed by atoms with Gasteiger partial charge in [-0.2, -0.15) is 0 Å². The van der Waals surface area contributed by atoms with E-state index in [1.807, 2.05) is 11.9 Å². The van der Waals surface area contributed by atoms with Gasteiger partial charge in [0.2, 0.25) is 5.91 Å². The molecule has 0 saturated carbocycles. The van der Waals surface area contributed by atoms with E-state index in [0.717, 1.165) is 32.6 Å². The summed E-state index contributed by atoms with van der Waals surface area (Å²) in [5.74, 6) is 0.305. The molecule has 2 aliphatic rings. The van der Waals surface area contributed by atoms with Crippen molar-refractivity contribution in [2.75, 3.05) is 33.2 Å². The summed E-state index contributed by atoms with van der Waals surface area (Å²) in [6.45, 7) is 6.12. The highest BCUT2D eigenvalue weighted by atomic mass is 16.2. The van der Waals surface area contributed by atoms with Gasteiger partial charge in [0.25, 0.3) is 0 Å². The summed E-state index contributed by atoms with van der Waals surface area (Å²) in [5, 5.41) is 3.39. The van der Waals surface area contributed by atoms with Crippen LogP contribution in [-0.4, -0.2) is 61.0 Å². The third-order valence-corrected chi connectivity index (χ3v) is 3.24. The standard InChI is InChI=1S/C10H19N3O/c1-8-7-13(6-4-11-8)9-3-5-12(2)10(9)14/h8-9,11H,3-7H2,1-2H3/t8-,9?/m1/s1.